The molecule has 1 aromatic rings. The fourth-order valence-corrected chi connectivity index (χ4v) is 1.90. The average molecular weight is 235 g/mol. The monoisotopic (exact) mass is 235 g/mol. The van der Waals surface area contributed by atoms with Crippen LogP contribution in [-0.2, 0) is 16.0 Å². The van der Waals surface area contributed by atoms with Crippen LogP contribution in [0.1, 0.15) is 18.4 Å². The zero-order chi connectivity index (χ0) is 12.3. The Morgan fingerprint density at radius 3 is 2.53 bits per heavy atom. The number of piperidine rings is 1. The van der Waals surface area contributed by atoms with E-state index in [1.165, 1.54) is 12.1 Å². The number of amides is 1. The number of halogens is 1. The van der Waals surface area contributed by atoms with Gasteiger partial charge in [0.1, 0.15) is 11.6 Å². The lowest BCUT2D eigenvalue weighted by Gasteiger charge is -2.26. The molecule has 1 aromatic carbocycles. The van der Waals surface area contributed by atoms with Gasteiger partial charge in [0.25, 0.3) is 0 Å². The SMILES string of the molecule is O=C1CCN(CCc2ccc(F)cc2)C(=O)C1. The summed E-state index contributed by atoms with van der Waals surface area (Å²) < 4.78 is 12.7. The summed E-state index contributed by atoms with van der Waals surface area (Å²) in [5.41, 5.74) is 0.996. The molecule has 0 spiro atoms. The Hall–Kier alpha value is -1.71. The van der Waals surface area contributed by atoms with Crippen molar-refractivity contribution in [3.05, 3.63) is 35.6 Å². The quantitative estimate of drug-likeness (QED) is 0.745. The molecule has 0 saturated carbocycles. The van der Waals surface area contributed by atoms with E-state index in [9.17, 15) is 14.0 Å². The Kier molecular flexibility index (Phi) is 3.52. The minimum atomic E-state index is -0.256. The summed E-state index contributed by atoms with van der Waals surface area (Å²) in [5.74, 6) is -0.329. The van der Waals surface area contributed by atoms with Gasteiger partial charge in [0.05, 0.1) is 6.42 Å². The predicted molar refractivity (Wildman–Crippen MR) is 60.9 cm³/mol. The summed E-state index contributed by atoms with van der Waals surface area (Å²) in [6.07, 6.45) is 1.18. The molecule has 1 saturated heterocycles. The van der Waals surface area contributed by atoms with Crippen LogP contribution >= 0.6 is 0 Å². The van der Waals surface area contributed by atoms with E-state index in [0.29, 0.717) is 25.9 Å². The summed E-state index contributed by atoms with van der Waals surface area (Å²) in [6.45, 7) is 1.11. The highest BCUT2D eigenvalue weighted by Gasteiger charge is 2.22. The maximum atomic E-state index is 12.7. The predicted octanol–water partition coefficient (Wildman–Crippen LogP) is 1.56. The first-order valence-electron chi connectivity index (χ1n) is 5.69. The Morgan fingerprint density at radius 2 is 1.88 bits per heavy atom. The van der Waals surface area contributed by atoms with Crippen LogP contribution in [0.2, 0.25) is 0 Å². The van der Waals surface area contributed by atoms with E-state index in [1.807, 2.05) is 0 Å². The molecule has 0 unspecified atom stereocenters. The summed E-state index contributed by atoms with van der Waals surface area (Å²) in [5, 5.41) is 0. The molecule has 1 aliphatic heterocycles. The van der Waals surface area contributed by atoms with Crippen molar-refractivity contribution in [3.63, 3.8) is 0 Å². The highest BCUT2D eigenvalue weighted by Crippen LogP contribution is 2.10. The molecule has 0 aliphatic carbocycles. The van der Waals surface area contributed by atoms with Gasteiger partial charge in [-0.05, 0) is 24.1 Å². The van der Waals surface area contributed by atoms with Gasteiger partial charge in [0, 0.05) is 19.5 Å². The molecule has 1 amide bonds. The number of Topliss-reactive ketones (excluding diaryl/α,β-unsaturated/α-hetero) is 1. The highest BCUT2D eigenvalue weighted by molar-refractivity contribution is 6.00. The standard InChI is InChI=1S/C13H14FNO2/c14-11-3-1-10(2-4-11)5-7-15-8-6-12(16)9-13(15)17/h1-4H,5-9H2. The lowest BCUT2D eigenvalue weighted by molar-refractivity contribution is -0.139. The topological polar surface area (TPSA) is 37.4 Å². The van der Waals surface area contributed by atoms with Gasteiger partial charge in [-0.2, -0.15) is 0 Å². The van der Waals surface area contributed by atoms with Crippen LogP contribution in [0.5, 0.6) is 0 Å². The van der Waals surface area contributed by atoms with Crippen molar-refractivity contribution in [2.45, 2.75) is 19.3 Å². The van der Waals surface area contributed by atoms with Crippen LogP contribution in [0.3, 0.4) is 0 Å². The van der Waals surface area contributed by atoms with Crippen molar-refractivity contribution in [3.8, 4) is 0 Å². The third-order valence-corrected chi connectivity index (χ3v) is 2.95. The summed E-state index contributed by atoms with van der Waals surface area (Å²) in [7, 11) is 0. The second-order valence-electron chi connectivity index (χ2n) is 4.22. The van der Waals surface area contributed by atoms with Crippen molar-refractivity contribution in [2.75, 3.05) is 13.1 Å². The third-order valence-electron chi connectivity index (χ3n) is 2.95. The van der Waals surface area contributed by atoms with Gasteiger partial charge in [-0.15, -0.1) is 0 Å². The summed E-state index contributed by atoms with van der Waals surface area (Å²) in [6, 6.07) is 6.26. The fraction of sp³-hybridized carbons (Fsp3) is 0.385. The number of hydrogen-bond donors (Lipinski definition) is 0. The van der Waals surface area contributed by atoms with Gasteiger partial charge in [-0.1, -0.05) is 12.1 Å². The Morgan fingerprint density at radius 1 is 1.18 bits per heavy atom. The van der Waals surface area contributed by atoms with E-state index in [0.717, 1.165) is 5.56 Å². The molecule has 2 rings (SSSR count). The Balaban J connectivity index is 1.88. The molecule has 1 fully saturated rings. The van der Waals surface area contributed by atoms with Crippen LogP contribution < -0.4 is 0 Å². The van der Waals surface area contributed by atoms with Crippen molar-refractivity contribution in [1.82, 2.24) is 4.90 Å². The number of benzene rings is 1. The first-order valence-corrected chi connectivity index (χ1v) is 5.69. The van der Waals surface area contributed by atoms with Crippen molar-refractivity contribution < 1.29 is 14.0 Å². The lowest BCUT2D eigenvalue weighted by atomic mass is 10.1. The molecule has 0 radical (unpaired) electrons. The normalized spacial score (nSPS) is 16.4. The zero-order valence-electron chi connectivity index (χ0n) is 9.49. The molecule has 0 atom stereocenters. The number of carbonyl (C=O) groups excluding carboxylic acids is 2. The molecule has 90 valence electrons. The molecule has 0 bridgehead atoms. The minimum absolute atomic E-state index is 0.0213. The average Bonchev–Trinajstić information content (AvgIpc) is 2.30. The van der Waals surface area contributed by atoms with Crippen LogP contribution in [0.25, 0.3) is 0 Å². The second kappa shape index (κ2) is 5.08. The first kappa shape index (κ1) is 11.8. The van der Waals surface area contributed by atoms with Crippen molar-refractivity contribution >= 4 is 11.7 Å². The van der Waals surface area contributed by atoms with Gasteiger partial charge in [0.15, 0.2) is 0 Å². The Labute approximate surface area is 99.2 Å². The van der Waals surface area contributed by atoms with E-state index in [2.05, 4.69) is 0 Å². The second-order valence-corrected chi connectivity index (χ2v) is 4.22. The smallest absolute Gasteiger partial charge is 0.230 e. The van der Waals surface area contributed by atoms with Gasteiger partial charge >= 0.3 is 0 Å². The van der Waals surface area contributed by atoms with E-state index in [-0.39, 0.29) is 23.9 Å². The molecule has 3 nitrogen and oxygen atoms in total. The molecule has 0 aromatic heterocycles. The number of nitrogens with zero attached hydrogens (tertiary/aromatic N) is 1. The Bertz CT molecular complexity index is 428. The van der Waals surface area contributed by atoms with Crippen molar-refractivity contribution in [1.29, 1.82) is 0 Å². The number of likely N-dealkylation sites (tertiary alicyclic amines) is 1. The van der Waals surface area contributed by atoms with E-state index < -0.39 is 0 Å². The van der Waals surface area contributed by atoms with Crippen LogP contribution in [0, 0.1) is 5.82 Å². The van der Waals surface area contributed by atoms with E-state index in [4.69, 9.17) is 0 Å². The number of carbonyl (C=O) groups is 2. The minimum Gasteiger partial charge on any atom is -0.342 e. The van der Waals surface area contributed by atoms with Crippen LogP contribution in [-0.4, -0.2) is 29.7 Å². The van der Waals surface area contributed by atoms with Gasteiger partial charge in [-0.3, -0.25) is 9.59 Å². The molecular weight excluding hydrogens is 221 g/mol. The third kappa shape index (κ3) is 3.12. The van der Waals surface area contributed by atoms with E-state index in [1.54, 1.807) is 17.0 Å². The highest BCUT2D eigenvalue weighted by atomic mass is 19.1. The van der Waals surface area contributed by atoms with E-state index >= 15 is 0 Å². The summed E-state index contributed by atoms with van der Waals surface area (Å²) in [4.78, 5) is 24.3. The van der Waals surface area contributed by atoms with Gasteiger partial charge < -0.3 is 4.90 Å². The maximum absolute atomic E-state index is 12.7. The molecule has 1 aliphatic rings. The maximum Gasteiger partial charge on any atom is 0.230 e. The van der Waals surface area contributed by atoms with Crippen LogP contribution in [0.15, 0.2) is 24.3 Å². The largest absolute Gasteiger partial charge is 0.342 e. The number of ketones is 1. The van der Waals surface area contributed by atoms with Crippen LogP contribution in [0.4, 0.5) is 4.39 Å². The van der Waals surface area contributed by atoms with Crippen molar-refractivity contribution in [2.24, 2.45) is 0 Å². The molecular formula is C13H14FNO2. The van der Waals surface area contributed by atoms with Gasteiger partial charge in [-0.25, -0.2) is 4.39 Å². The van der Waals surface area contributed by atoms with Gasteiger partial charge in [0.2, 0.25) is 5.91 Å². The zero-order valence-corrected chi connectivity index (χ0v) is 9.49. The summed E-state index contributed by atoms with van der Waals surface area (Å²) >= 11 is 0. The number of rotatable bonds is 3. The molecule has 1 heterocycles. The molecule has 0 N–H and O–H groups in total. The fourth-order valence-electron chi connectivity index (χ4n) is 1.90. The molecule has 17 heavy (non-hydrogen) atoms. The lowest BCUT2D eigenvalue weighted by Crippen LogP contribution is -2.40. The first-order chi connectivity index (χ1) is 8.15. The number of hydrogen-bond acceptors (Lipinski definition) is 2. The molecule has 4 heteroatoms.